The van der Waals surface area contributed by atoms with E-state index in [0.717, 1.165) is 0 Å². The zero-order valence-electron chi connectivity index (χ0n) is 13.4. The lowest BCUT2D eigenvalue weighted by atomic mass is 10.2. The van der Waals surface area contributed by atoms with Gasteiger partial charge >= 0.3 is 5.97 Å². The number of aromatic carboxylic acids is 1. The Hall–Kier alpha value is -3.07. The van der Waals surface area contributed by atoms with Gasteiger partial charge in [0.25, 0.3) is 10.0 Å². The van der Waals surface area contributed by atoms with Crippen LogP contribution in [0, 0.1) is 0 Å². The SMILES string of the molecule is COc1ccc(S(=O)(=O)Nc2cccc(C(=O)O)c2)cc1NC(C)=O. The second-order valence-electron chi connectivity index (χ2n) is 5.03. The van der Waals surface area contributed by atoms with Crippen molar-refractivity contribution in [1.82, 2.24) is 0 Å². The van der Waals surface area contributed by atoms with Gasteiger partial charge in [-0.25, -0.2) is 13.2 Å². The number of methoxy groups -OCH3 is 1. The first-order valence-corrected chi connectivity index (χ1v) is 8.53. The van der Waals surface area contributed by atoms with Gasteiger partial charge in [-0.15, -0.1) is 0 Å². The van der Waals surface area contributed by atoms with Crippen molar-refractivity contribution >= 4 is 33.3 Å². The van der Waals surface area contributed by atoms with Gasteiger partial charge in [-0.3, -0.25) is 9.52 Å². The maximum atomic E-state index is 12.5. The van der Waals surface area contributed by atoms with E-state index < -0.39 is 16.0 Å². The number of carboxylic acid groups (broad SMARTS) is 1. The van der Waals surface area contributed by atoms with Gasteiger partial charge < -0.3 is 15.2 Å². The average molecular weight is 364 g/mol. The first kappa shape index (κ1) is 18.3. The van der Waals surface area contributed by atoms with Crippen LogP contribution in [-0.2, 0) is 14.8 Å². The van der Waals surface area contributed by atoms with E-state index in [2.05, 4.69) is 10.0 Å². The minimum atomic E-state index is -3.99. The highest BCUT2D eigenvalue weighted by Crippen LogP contribution is 2.28. The highest BCUT2D eigenvalue weighted by molar-refractivity contribution is 7.92. The summed E-state index contributed by atoms with van der Waals surface area (Å²) in [5.41, 5.74) is 0.267. The normalized spacial score (nSPS) is 10.8. The monoisotopic (exact) mass is 364 g/mol. The zero-order chi connectivity index (χ0) is 18.6. The molecule has 0 aliphatic rings. The molecule has 0 saturated carbocycles. The fourth-order valence-corrected chi connectivity index (χ4v) is 3.15. The molecule has 1 amide bonds. The lowest BCUT2D eigenvalue weighted by Gasteiger charge is -2.13. The Bertz CT molecular complexity index is 924. The molecule has 2 aromatic rings. The van der Waals surface area contributed by atoms with Gasteiger partial charge in [-0.1, -0.05) is 6.07 Å². The number of ether oxygens (including phenoxy) is 1. The summed E-state index contributed by atoms with van der Waals surface area (Å²) < 4.78 is 32.4. The van der Waals surface area contributed by atoms with Crippen LogP contribution in [0.5, 0.6) is 5.75 Å². The number of sulfonamides is 1. The summed E-state index contributed by atoms with van der Waals surface area (Å²) in [6.45, 7) is 1.29. The number of anilines is 2. The van der Waals surface area contributed by atoms with Gasteiger partial charge in [0, 0.05) is 12.6 Å². The van der Waals surface area contributed by atoms with E-state index in [1.165, 1.54) is 56.5 Å². The van der Waals surface area contributed by atoms with Crippen LogP contribution in [0.2, 0.25) is 0 Å². The van der Waals surface area contributed by atoms with Gasteiger partial charge in [0.15, 0.2) is 0 Å². The molecule has 3 N–H and O–H groups in total. The lowest BCUT2D eigenvalue weighted by Crippen LogP contribution is -2.14. The standard InChI is InChI=1S/C16H16N2O6S/c1-10(19)17-14-9-13(6-7-15(14)24-2)25(22,23)18-12-5-3-4-11(8-12)16(20)21/h3-9,18H,1-2H3,(H,17,19)(H,20,21). The number of nitrogens with one attached hydrogen (secondary N) is 2. The van der Waals surface area contributed by atoms with Gasteiger partial charge in [0.2, 0.25) is 5.91 Å². The lowest BCUT2D eigenvalue weighted by molar-refractivity contribution is -0.114. The third-order valence-electron chi connectivity index (χ3n) is 3.15. The molecule has 0 aliphatic carbocycles. The van der Waals surface area contributed by atoms with Gasteiger partial charge in [0.05, 0.1) is 23.3 Å². The number of carbonyl (C=O) groups excluding carboxylic acids is 1. The second-order valence-corrected chi connectivity index (χ2v) is 6.72. The molecule has 2 rings (SSSR count). The molecule has 0 heterocycles. The largest absolute Gasteiger partial charge is 0.495 e. The summed E-state index contributed by atoms with van der Waals surface area (Å²) >= 11 is 0. The molecule has 0 saturated heterocycles. The fourth-order valence-electron chi connectivity index (χ4n) is 2.07. The molecule has 0 aromatic heterocycles. The van der Waals surface area contributed by atoms with E-state index >= 15 is 0 Å². The molecule has 0 bridgehead atoms. The molecule has 0 radical (unpaired) electrons. The molecule has 0 fully saturated rings. The average Bonchev–Trinajstić information content (AvgIpc) is 2.54. The van der Waals surface area contributed by atoms with Crippen LogP contribution < -0.4 is 14.8 Å². The molecule has 0 unspecified atom stereocenters. The molecule has 0 aliphatic heterocycles. The molecule has 2 aromatic carbocycles. The summed E-state index contributed by atoms with van der Waals surface area (Å²) in [6, 6.07) is 9.39. The quantitative estimate of drug-likeness (QED) is 0.722. The van der Waals surface area contributed by atoms with Crippen LogP contribution in [0.15, 0.2) is 47.4 Å². The summed E-state index contributed by atoms with van der Waals surface area (Å²) in [7, 11) is -2.60. The Balaban J connectivity index is 2.37. The molecule has 0 spiro atoms. The minimum Gasteiger partial charge on any atom is -0.495 e. The summed E-state index contributed by atoms with van der Waals surface area (Å²) in [4.78, 5) is 22.1. The van der Waals surface area contributed by atoms with Crippen molar-refractivity contribution in [2.24, 2.45) is 0 Å². The number of rotatable bonds is 6. The molecule has 25 heavy (non-hydrogen) atoms. The number of benzene rings is 2. The zero-order valence-corrected chi connectivity index (χ0v) is 14.3. The first-order chi connectivity index (χ1) is 11.7. The minimum absolute atomic E-state index is 0.0473. The maximum absolute atomic E-state index is 12.5. The Labute approximate surface area is 144 Å². The number of hydrogen-bond acceptors (Lipinski definition) is 5. The molecule has 0 atom stereocenters. The predicted molar refractivity (Wildman–Crippen MR) is 91.5 cm³/mol. The van der Waals surface area contributed by atoms with E-state index in [9.17, 15) is 18.0 Å². The van der Waals surface area contributed by atoms with Gasteiger partial charge in [0.1, 0.15) is 5.75 Å². The first-order valence-electron chi connectivity index (χ1n) is 7.05. The second kappa shape index (κ2) is 7.22. The van der Waals surface area contributed by atoms with Gasteiger partial charge in [-0.05, 0) is 36.4 Å². The summed E-state index contributed by atoms with van der Waals surface area (Å²) in [6.07, 6.45) is 0. The molecule has 9 heteroatoms. The topological polar surface area (TPSA) is 122 Å². The van der Waals surface area contributed by atoms with Crippen LogP contribution in [0.25, 0.3) is 0 Å². The number of hydrogen-bond donors (Lipinski definition) is 3. The van der Waals surface area contributed by atoms with E-state index in [-0.39, 0.29) is 27.7 Å². The van der Waals surface area contributed by atoms with Crippen LogP contribution >= 0.6 is 0 Å². The van der Waals surface area contributed by atoms with Crippen molar-refractivity contribution in [2.75, 3.05) is 17.1 Å². The predicted octanol–water partition coefficient (Wildman–Crippen LogP) is 2.15. The molecular weight excluding hydrogens is 348 g/mol. The van der Waals surface area contributed by atoms with Crippen LogP contribution in [0.4, 0.5) is 11.4 Å². The number of carbonyl (C=O) groups is 2. The smallest absolute Gasteiger partial charge is 0.335 e. The Kier molecular flexibility index (Phi) is 5.28. The number of carboxylic acids is 1. The molecule has 132 valence electrons. The highest BCUT2D eigenvalue weighted by atomic mass is 32.2. The third kappa shape index (κ3) is 4.48. The molecular formula is C16H16N2O6S. The van der Waals surface area contributed by atoms with Crippen LogP contribution in [-0.4, -0.2) is 32.5 Å². The Morgan fingerprint density at radius 3 is 2.44 bits per heavy atom. The summed E-state index contributed by atoms with van der Waals surface area (Å²) in [5, 5.41) is 11.5. The van der Waals surface area contributed by atoms with E-state index in [4.69, 9.17) is 9.84 Å². The molecule has 8 nitrogen and oxygen atoms in total. The Morgan fingerprint density at radius 1 is 1.12 bits per heavy atom. The third-order valence-corrected chi connectivity index (χ3v) is 4.53. The van der Waals surface area contributed by atoms with Gasteiger partial charge in [-0.2, -0.15) is 0 Å². The van der Waals surface area contributed by atoms with Crippen molar-refractivity contribution < 1.29 is 27.9 Å². The van der Waals surface area contributed by atoms with Crippen molar-refractivity contribution in [2.45, 2.75) is 11.8 Å². The van der Waals surface area contributed by atoms with Crippen molar-refractivity contribution in [3.8, 4) is 5.75 Å². The van der Waals surface area contributed by atoms with Crippen molar-refractivity contribution in [1.29, 1.82) is 0 Å². The number of amides is 1. The summed E-state index contributed by atoms with van der Waals surface area (Å²) in [5.74, 6) is -1.24. The Morgan fingerprint density at radius 2 is 1.84 bits per heavy atom. The van der Waals surface area contributed by atoms with Crippen molar-refractivity contribution in [3.05, 3.63) is 48.0 Å². The maximum Gasteiger partial charge on any atom is 0.335 e. The van der Waals surface area contributed by atoms with Crippen molar-refractivity contribution in [3.63, 3.8) is 0 Å². The van der Waals surface area contributed by atoms with Crippen LogP contribution in [0.1, 0.15) is 17.3 Å². The van der Waals surface area contributed by atoms with E-state index in [1.54, 1.807) is 0 Å². The fraction of sp³-hybridized carbons (Fsp3) is 0.125. The highest BCUT2D eigenvalue weighted by Gasteiger charge is 2.18. The van der Waals surface area contributed by atoms with E-state index in [0.29, 0.717) is 5.75 Å². The van der Waals surface area contributed by atoms with E-state index in [1.807, 2.05) is 0 Å². The van der Waals surface area contributed by atoms with Crippen LogP contribution in [0.3, 0.4) is 0 Å².